The molecule has 0 saturated heterocycles. The van der Waals surface area contributed by atoms with Crippen molar-refractivity contribution in [3.05, 3.63) is 29.1 Å². The van der Waals surface area contributed by atoms with Crippen molar-refractivity contribution in [2.75, 3.05) is 0 Å². The van der Waals surface area contributed by atoms with Crippen molar-refractivity contribution < 1.29 is 18.0 Å². The molecule has 1 aromatic rings. The Morgan fingerprint density at radius 3 is 2.54 bits per heavy atom. The Hall–Kier alpha value is -1.39. The van der Waals surface area contributed by atoms with E-state index in [4.69, 9.17) is 0 Å². The zero-order chi connectivity index (χ0) is 10.1. The molecule has 1 aromatic heterocycles. The molecule has 2 nitrogen and oxygen atoms in total. The van der Waals surface area contributed by atoms with Crippen LogP contribution < -0.4 is 0 Å². The molecule has 0 spiro atoms. The van der Waals surface area contributed by atoms with Crippen molar-refractivity contribution >= 4 is 6.29 Å². The molecule has 1 rings (SSSR count). The lowest BCUT2D eigenvalue weighted by molar-refractivity contribution is -0.138. The van der Waals surface area contributed by atoms with Gasteiger partial charge in [0.25, 0.3) is 0 Å². The third-order valence-corrected chi connectivity index (χ3v) is 1.55. The van der Waals surface area contributed by atoms with Gasteiger partial charge >= 0.3 is 6.18 Å². The maximum Gasteiger partial charge on any atom is 0.418 e. The number of hydrogen-bond donors (Lipinski definition) is 0. The van der Waals surface area contributed by atoms with E-state index in [-0.39, 0.29) is 11.3 Å². The van der Waals surface area contributed by atoms with Gasteiger partial charge in [-0.05, 0) is 13.0 Å². The first-order valence-corrected chi connectivity index (χ1v) is 3.44. The maximum atomic E-state index is 12.2. The van der Waals surface area contributed by atoms with Crippen LogP contribution in [0.3, 0.4) is 0 Å². The van der Waals surface area contributed by atoms with E-state index in [9.17, 15) is 18.0 Å². The van der Waals surface area contributed by atoms with Gasteiger partial charge in [-0.3, -0.25) is 9.78 Å². The molecular weight excluding hydrogens is 183 g/mol. The van der Waals surface area contributed by atoms with Gasteiger partial charge in [0.2, 0.25) is 0 Å². The Balaban J connectivity index is 3.27. The van der Waals surface area contributed by atoms with Crippen molar-refractivity contribution in [1.29, 1.82) is 0 Å². The number of carbonyl (C=O) groups is 1. The van der Waals surface area contributed by atoms with E-state index in [2.05, 4.69) is 4.98 Å². The van der Waals surface area contributed by atoms with Crippen molar-refractivity contribution in [3.8, 4) is 0 Å². The number of alkyl halides is 3. The molecule has 70 valence electrons. The van der Waals surface area contributed by atoms with Gasteiger partial charge < -0.3 is 0 Å². The number of halogens is 3. The van der Waals surface area contributed by atoms with E-state index in [1.165, 1.54) is 6.92 Å². The number of aldehydes is 1. The Bertz CT molecular complexity index is 333. The summed E-state index contributed by atoms with van der Waals surface area (Å²) in [5.74, 6) is 0. The molecule has 5 heteroatoms. The van der Waals surface area contributed by atoms with Crippen LogP contribution in [0.1, 0.15) is 21.6 Å². The lowest BCUT2D eigenvalue weighted by Gasteiger charge is -2.08. The fourth-order valence-electron chi connectivity index (χ4n) is 0.901. The molecule has 0 aliphatic rings. The molecule has 0 fully saturated rings. The predicted octanol–water partition coefficient (Wildman–Crippen LogP) is 2.22. The van der Waals surface area contributed by atoms with E-state index in [0.717, 1.165) is 12.3 Å². The highest BCUT2D eigenvalue weighted by molar-refractivity contribution is 5.74. The summed E-state index contributed by atoms with van der Waals surface area (Å²) in [4.78, 5) is 13.7. The minimum atomic E-state index is -4.45. The van der Waals surface area contributed by atoms with E-state index in [1.807, 2.05) is 0 Å². The minimum Gasteiger partial charge on any atom is -0.298 e. The fourth-order valence-corrected chi connectivity index (χ4v) is 0.901. The summed E-state index contributed by atoms with van der Waals surface area (Å²) in [7, 11) is 0. The lowest BCUT2D eigenvalue weighted by atomic mass is 10.1. The first-order chi connectivity index (χ1) is 5.95. The number of rotatable bonds is 1. The second kappa shape index (κ2) is 3.16. The molecule has 0 radical (unpaired) electrons. The van der Waals surface area contributed by atoms with Crippen molar-refractivity contribution in [3.63, 3.8) is 0 Å². The maximum absolute atomic E-state index is 12.2. The van der Waals surface area contributed by atoms with Gasteiger partial charge in [-0.1, -0.05) is 0 Å². The van der Waals surface area contributed by atoms with Crippen LogP contribution in [0.2, 0.25) is 0 Å². The molecule has 13 heavy (non-hydrogen) atoms. The average molecular weight is 189 g/mol. The fraction of sp³-hybridized carbons (Fsp3) is 0.250. The Morgan fingerprint density at radius 1 is 1.46 bits per heavy atom. The Kier molecular flexibility index (Phi) is 2.36. The van der Waals surface area contributed by atoms with E-state index in [0.29, 0.717) is 6.29 Å². The molecule has 0 saturated carbocycles. The van der Waals surface area contributed by atoms with Crippen LogP contribution in [0.15, 0.2) is 12.3 Å². The first-order valence-electron chi connectivity index (χ1n) is 3.44. The highest BCUT2D eigenvalue weighted by Gasteiger charge is 2.33. The first kappa shape index (κ1) is 9.70. The number of hydrogen-bond acceptors (Lipinski definition) is 2. The smallest absolute Gasteiger partial charge is 0.298 e. The van der Waals surface area contributed by atoms with Gasteiger partial charge in [0, 0.05) is 17.5 Å². The van der Waals surface area contributed by atoms with Gasteiger partial charge in [-0.25, -0.2) is 0 Å². The SMILES string of the molecule is Cc1ncc(C=O)cc1C(F)(F)F. The largest absolute Gasteiger partial charge is 0.418 e. The minimum absolute atomic E-state index is 0.0714. The van der Waals surface area contributed by atoms with Gasteiger partial charge in [-0.15, -0.1) is 0 Å². The summed E-state index contributed by atoms with van der Waals surface area (Å²) in [5, 5.41) is 0. The summed E-state index contributed by atoms with van der Waals surface area (Å²) >= 11 is 0. The van der Waals surface area contributed by atoms with E-state index >= 15 is 0 Å². The number of aryl methyl sites for hydroxylation is 1. The van der Waals surface area contributed by atoms with Crippen molar-refractivity contribution in [1.82, 2.24) is 4.98 Å². The third-order valence-electron chi connectivity index (χ3n) is 1.55. The van der Waals surface area contributed by atoms with Gasteiger partial charge in [0.1, 0.15) is 0 Å². The molecule has 0 aliphatic carbocycles. The lowest BCUT2D eigenvalue weighted by Crippen LogP contribution is -2.09. The quantitative estimate of drug-likeness (QED) is 0.634. The van der Waals surface area contributed by atoms with Crippen LogP contribution in [0.5, 0.6) is 0 Å². The summed E-state index contributed by atoms with van der Waals surface area (Å²) < 4.78 is 36.6. The number of pyridine rings is 1. The van der Waals surface area contributed by atoms with E-state index in [1.54, 1.807) is 0 Å². The Morgan fingerprint density at radius 2 is 2.08 bits per heavy atom. The predicted molar refractivity (Wildman–Crippen MR) is 39.4 cm³/mol. The number of aromatic nitrogens is 1. The normalized spacial score (nSPS) is 11.4. The van der Waals surface area contributed by atoms with Crippen LogP contribution in [0.4, 0.5) is 13.2 Å². The highest BCUT2D eigenvalue weighted by Crippen LogP contribution is 2.30. The molecular formula is C8H6F3NO. The third kappa shape index (κ3) is 2.05. The molecule has 1 heterocycles. The molecule has 0 unspecified atom stereocenters. The molecule has 0 N–H and O–H groups in total. The summed E-state index contributed by atoms with van der Waals surface area (Å²) in [6.45, 7) is 1.25. The standard InChI is InChI=1S/C8H6F3NO/c1-5-7(8(9,10)11)2-6(4-13)3-12-5/h2-4H,1H3. The van der Waals surface area contributed by atoms with Gasteiger partial charge in [0.05, 0.1) is 5.56 Å². The molecule has 0 aliphatic heterocycles. The number of nitrogens with zero attached hydrogens (tertiary/aromatic N) is 1. The van der Waals surface area contributed by atoms with Crippen LogP contribution in [0.25, 0.3) is 0 Å². The van der Waals surface area contributed by atoms with Crippen molar-refractivity contribution in [2.24, 2.45) is 0 Å². The van der Waals surface area contributed by atoms with E-state index < -0.39 is 11.7 Å². The monoisotopic (exact) mass is 189 g/mol. The zero-order valence-corrected chi connectivity index (χ0v) is 6.72. The summed E-state index contributed by atoms with van der Waals surface area (Å²) in [6.07, 6.45) is -3.00. The second-order valence-corrected chi connectivity index (χ2v) is 2.52. The average Bonchev–Trinajstić information content (AvgIpc) is 2.03. The number of carbonyl (C=O) groups excluding carboxylic acids is 1. The second-order valence-electron chi connectivity index (χ2n) is 2.52. The summed E-state index contributed by atoms with van der Waals surface area (Å²) in [5.41, 5.74) is -1.06. The van der Waals surface area contributed by atoms with Crippen LogP contribution in [0, 0.1) is 6.92 Å². The van der Waals surface area contributed by atoms with Crippen LogP contribution in [-0.2, 0) is 6.18 Å². The molecule has 0 atom stereocenters. The highest BCUT2D eigenvalue weighted by atomic mass is 19.4. The van der Waals surface area contributed by atoms with Crippen LogP contribution in [-0.4, -0.2) is 11.3 Å². The van der Waals surface area contributed by atoms with Gasteiger partial charge in [-0.2, -0.15) is 13.2 Å². The molecule has 0 amide bonds. The molecule has 0 aromatic carbocycles. The summed E-state index contributed by atoms with van der Waals surface area (Å²) in [6, 6.07) is 0.787. The van der Waals surface area contributed by atoms with Crippen molar-refractivity contribution in [2.45, 2.75) is 13.1 Å². The Labute approximate surface area is 72.4 Å². The van der Waals surface area contributed by atoms with Gasteiger partial charge in [0.15, 0.2) is 6.29 Å². The zero-order valence-electron chi connectivity index (χ0n) is 6.72. The van der Waals surface area contributed by atoms with Crippen LogP contribution >= 0.6 is 0 Å². The molecule has 0 bridgehead atoms. The topological polar surface area (TPSA) is 30.0 Å².